The lowest BCUT2D eigenvalue weighted by molar-refractivity contribution is 0.636. The zero-order valence-electron chi connectivity index (χ0n) is 7.54. The van der Waals surface area contributed by atoms with E-state index in [1.165, 1.54) is 0 Å². The van der Waals surface area contributed by atoms with Crippen LogP contribution in [0.25, 0.3) is 0 Å². The van der Waals surface area contributed by atoms with Crippen LogP contribution in [0, 0.1) is 5.92 Å². The van der Waals surface area contributed by atoms with Gasteiger partial charge in [0.05, 0.1) is 5.69 Å². The Labute approximate surface area is 72.8 Å². The number of anilines is 2. The largest absolute Gasteiger partial charge is 0.396 e. The Balaban J connectivity index is 2.82. The van der Waals surface area contributed by atoms with Crippen molar-refractivity contribution in [2.75, 3.05) is 11.5 Å². The fourth-order valence-corrected chi connectivity index (χ4v) is 1.06. The molecule has 0 radical (unpaired) electrons. The van der Waals surface area contributed by atoms with Crippen LogP contribution >= 0.6 is 0 Å². The van der Waals surface area contributed by atoms with E-state index in [1.807, 2.05) is 6.07 Å². The molecule has 0 aliphatic carbocycles. The van der Waals surface area contributed by atoms with Gasteiger partial charge in [-0.15, -0.1) is 0 Å². The van der Waals surface area contributed by atoms with Gasteiger partial charge in [-0.05, 0) is 24.5 Å². The van der Waals surface area contributed by atoms with E-state index in [2.05, 4.69) is 18.8 Å². The van der Waals surface area contributed by atoms with E-state index in [0.717, 1.165) is 12.1 Å². The Kier molecular flexibility index (Phi) is 2.53. The van der Waals surface area contributed by atoms with Crippen LogP contribution in [0.4, 0.5) is 11.5 Å². The molecule has 1 heterocycles. The molecule has 3 heteroatoms. The molecule has 0 fully saturated rings. The fourth-order valence-electron chi connectivity index (χ4n) is 1.06. The van der Waals surface area contributed by atoms with Crippen molar-refractivity contribution >= 4 is 11.5 Å². The van der Waals surface area contributed by atoms with Gasteiger partial charge in [-0.25, -0.2) is 4.98 Å². The number of nitrogens with two attached hydrogens (primary N) is 2. The molecule has 1 rings (SSSR count). The third kappa shape index (κ3) is 2.12. The normalized spacial score (nSPS) is 10.6. The van der Waals surface area contributed by atoms with Crippen molar-refractivity contribution in [1.82, 2.24) is 4.98 Å². The molecule has 0 aromatic carbocycles. The molecule has 0 aliphatic rings. The van der Waals surface area contributed by atoms with Crippen molar-refractivity contribution in [3.8, 4) is 0 Å². The number of rotatable bonds is 2. The predicted octanol–water partition coefficient (Wildman–Crippen LogP) is 1.44. The Morgan fingerprint density at radius 2 is 2.00 bits per heavy atom. The molecule has 0 spiro atoms. The van der Waals surface area contributed by atoms with Gasteiger partial charge >= 0.3 is 0 Å². The molecule has 0 atom stereocenters. The summed E-state index contributed by atoms with van der Waals surface area (Å²) in [7, 11) is 0. The molecule has 1 aromatic heterocycles. The van der Waals surface area contributed by atoms with Gasteiger partial charge in [-0.2, -0.15) is 0 Å². The van der Waals surface area contributed by atoms with E-state index in [0.29, 0.717) is 17.4 Å². The van der Waals surface area contributed by atoms with Gasteiger partial charge < -0.3 is 11.5 Å². The summed E-state index contributed by atoms with van der Waals surface area (Å²) in [6, 6.07) is 3.73. The number of pyridine rings is 1. The maximum Gasteiger partial charge on any atom is 0.146 e. The molecule has 3 nitrogen and oxygen atoms in total. The first kappa shape index (κ1) is 8.84. The topological polar surface area (TPSA) is 64.9 Å². The second-order valence-corrected chi connectivity index (χ2v) is 3.38. The monoisotopic (exact) mass is 165 g/mol. The van der Waals surface area contributed by atoms with Crippen LogP contribution in [0.5, 0.6) is 0 Å². The Morgan fingerprint density at radius 3 is 2.50 bits per heavy atom. The zero-order chi connectivity index (χ0) is 9.14. The molecule has 1 aromatic rings. The lowest BCUT2D eigenvalue weighted by Gasteiger charge is -2.05. The van der Waals surface area contributed by atoms with Crippen LogP contribution in [-0.2, 0) is 6.42 Å². The average molecular weight is 165 g/mol. The van der Waals surface area contributed by atoms with E-state index in [4.69, 9.17) is 11.5 Å². The predicted molar refractivity (Wildman–Crippen MR) is 51.6 cm³/mol. The second-order valence-electron chi connectivity index (χ2n) is 3.38. The highest BCUT2D eigenvalue weighted by Gasteiger charge is 2.01. The summed E-state index contributed by atoms with van der Waals surface area (Å²) < 4.78 is 0. The van der Waals surface area contributed by atoms with E-state index in [-0.39, 0.29) is 0 Å². The SMILES string of the molecule is CC(C)Cc1ccc(N)c(N)n1. The van der Waals surface area contributed by atoms with Crippen molar-refractivity contribution in [3.63, 3.8) is 0 Å². The van der Waals surface area contributed by atoms with Crippen molar-refractivity contribution in [2.45, 2.75) is 20.3 Å². The number of hydrogen-bond acceptors (Lipinski definition) is 3. The van der Waals surface area contributed by atoms with Crippen LogP contribution in [0.2, 0.25) is 0 Å². The molecule has 4 N–H and O–H groups in total. The number of nitrogen functional groups attached to an aromatic ring is 2. The third-order valence-electron chi connectivity index (χ3n) is 1.63. The maximum absolute atomic E-state index is 5.56. The molecule has 0 aliphatic heterocycles. The second kappa shape index (κ2) is 3.43. The van der Waals surface area contributed by atoms with Gasteiger partial charge in [-0.3, -0.25) is 0 Å². The van der Waals surface area contributed by atoms with E-state index in [1.54, 1.807) is 6.07 Å². The van der Waals surface area contributed by atoms with Gasteiger partial charge in [0, 0.05) is 5.69 Å². The Bertz CT molecular complexity index is 268. The molecule has 0 bridgehead atoms. The van der Waals surface area contributed by atoms with Crippen LogP contribution in [-0.4, -0.2) is 4.98 Å². The van der Waals surface area contributed by atoms with Gasteiger partial charge in [0.25, 0.3) is 0 Å². The highest BCUT2D eigenvalue weighted by atomic mass is 14.9. The van der Waals surface area contributed by atoms with Gasteiger partial charge in [0.15, 0.2) is 0 Å². The summed E-state index contributed by atoms with van der Waals surface area (Å²) in [5.74, 6) is 1.04. The summed E-state index contributed by atoms with van der Waals surface area (Å²) >= 11 is 0. The van der Waals surface area contributed by atoms with Crippen molar-refractivity contribution in [3.05, 3.63) is 17.8 Å². The number of aromatic nitrogens is 1. The summed E-state index contributed by atoms with van der Waals surface area (Å²) in [6.07, 6.45) is 0.949. The summed E-state index contributed by atoms with van der Waals surface area (Å²) in [4.78, 5) is 4.17. The average Bonchev–Trinajstić information content (AvgIpc) is 1.96. The molecular weight excluding hydrogens is 150 g/mol. The number of nitrogens with zero attached hydrogens (tertiary/aromatic N) is 1. The first-order chi connectivity index (χ1) is 5.59. The minimum Gasteiger partial charge on any atom is -0.396 e. The fraction of sp³-hybridized carbons (Fsp3) is 0.444. The highest BCUT2D eigenvalue weighted by Crippen LogP contribution is 2.13. The molecule has 0 unspecified atom stereocenters. The summed E-state index contributed by atoms with van der Waals surface area (Å²) in [5, 5.41) is 0. The van der Waals surface area contributed by atoms with Crippen LogP contribution < -0.4 is 11.5 Å². The summed E-state index contributed by atoms with van der Waals surface area (Å²) in [5.41, 5.74) is 12.7. The molecular formula is C9H15N3. The Hall–Kier alpha value is -1.25. The first-order valence-corrected chi connectivity index (χ1v) is 4.10. The van der Waals surface area contributed by atoms with Crippen molar-refractivity contribution < 1.29 is 0 Å². The van der Waals surface area contributed by atoms with E-state index >= 15 is 0 Å². The van der Waals surface area contributed by atoms with Crippen molar-refractivity contribution in [2.24, 2.45) is 5.92 Å². The van der Waals surface area contributed by atoms with Crippen LogP contribution in [0.1, 0.15) is 19.5 Å². The minimum atomic E-state index is 0.438. The zero-order valence-corrected chi connectivity index (χ0v) is 7.54. The quantitative estimate of drug-likeness (QED) is 0.697. The Morgan fingerprint density at radius 1 is 1.33 bits per heavy atom. The lowest BCUT2D eigenvalue weighted by atomic mass is 10.1. The first-order valence-electron chi connectivity index (χ1n) is 4.10. The molecule has 12 heavy (non-hydrogen) atoms. The van der Waals surface area contributed by atoms with Gasteiger partial charge in [-0.1, -0.05) is 13.8 Å². The standard InChI is InChI=1S/C9H15N3/c1-6(2)5-7-3-4-8(10)9(11)12-7/h3-4,6H,5,10H2,1-2H3,(H2,11,12). The molecule has 0 amide bonds. The van der Waals surface area contributed by atoms with Crippen molar-refractivity contribution in [1.29, 1.82) is 0 Å². The summed E-state index contributed by atoms with van der Waals surface area (Å²) in [6.45, 7) is 4.29. The van der Waals surface area contributed by atoms with Crippen LogP contribution in [0.3, 0.4) is 0 Å². The molecule has 0 saturated heterocycles. The van der Waals surface area contributed by atoms with Gasteiger partial charge in [0.2, 0.25) is 0 Å². The smallest absolute Gasteiger partial charge is 0.146 e. The van der Waals surface area contributed by atoms with E-state index < -0.39 is 0 Å². The lowest BCUT2D eigenvalue weighted by Crippen LogP contribution is -2.03. The third-order valence-corrected chi connectivity index (χ3v) is 1.63. The molecule has 66 valence electrons. The minimum absolute atomic E-state index is 0.438. The number of hydrogen-bond donors (Lipinski definition) is 2. The van der Waals surface area contributed by atoms with E-state index in [9.17, 15) is 0 Å². The maximum atomic E-state index is 5.56. The highest BCUT2D eigenvalue weighted by molar-refractivity contribution is 5.57. The van der Waals surface area contributed by atoms with Crippen LogP contribution in [0.15, 0.2) is 12.1 Å². The molecule has 0 saturated carbocycles. The van der Waals surface area contributed by atoms with Gasteiger partial charge in [0.1, 0.15) is 5.82 Å².